The van der Waals surface area contributed by atoms with Gasteiger partial charge in [0.05, 0.1) is 0 Å². The Hall–Kier alpha value is -0.860. The molecule has 0 aromatic heterocycles. The second-order valence-corrected chi connectivity index (χ2v) is 4.25. The van der Waals surface area contributed by atoms with Crippen molar-refractivity contribution in [1.29, 1.82) is 0 Å². The number of rotatable bonds is 5. The molecular formula is C12H16ClNO. The summed E-state index contributed by atoms with van der Waals surface area (Å²) in [6.07, 6.45) is 1.40. The molecule has 0 saturated heterocycles. The Morgan fingerprint density at radius 2 is 2.00 bits per heavy atom. The van der Waals surface area contributed by atoms with Gasteiger partial charge in [0.15, 0.2) is 5.78 Å². The van der Waals surface area contributed by atoms with E-state index < -0.39 is 0 Å². The molecule has 3 heteroatoms. The van der Waals surface area contributed by atoms with Crippen LogP contribution >= 0.6 is 11.6 Å². The van der Waals surface area contributed by atoms with Crippen molar-refractivity contribution in [2.24, 2.45) is 11.7 Å². The van der Waals surface area contributed by atoms with E-state index in [-0.39, 0.29) is 5.78 Å². The fraction of sp³-hybridized carbons (Fsp3) is 0.417. The molecule has 2 N–H and O–H groups in total. The molecule has 1 aromatic carbocycles. The van der Waals surface area contributed by atoms with Crippen LogP contribution in [0.5, 0.6) is 0 Å². The number of hydrogen-bond acceptors (Lipinski definition) is 2. The lowest BCUT2D eigenvalue weighted by atomic mass is 10.0. The first-order chi connectivity index (χ1) is 7.13. The zero-order chi connectivity index (χ0) is 11.3. The van der Waals surface area contributed by atoms with Crippen LogP contribution in [0.2, 0.25) is 5.02 Å². The minimum Gasteiger partial charge on any atom is -0.330 e. The quantitative estimate of drug-likeness (QED) is 0.783. The third-order valence-corrected chi connectivity index (χ3v) is 2.68. The highest BCUT2D eigenvalue weighted by molar-refractivity contribution is 6.30. The number of halogens is 1. The van der Waals surface area contributed by atoms with E-state index in [1.807, 2.05) is 0 Å². The maximum Gasteiger partial charge on any atom is 0.162 e. The first kappa shape index (κ1) is 12.2. The zero-order valence-electron chi connectivity index (χ0n) is 8.87. The Labute approximate surface area is 95.4 Å². The molecule has 1 atom stereocenters. The Kier molecular flexibility index (Phi) is 4.79. The largest absolute Gasteiger partial charge is 0.330 e. The fourth-order valence-electron chi connectivity index (χ4n) is 1.28. The summed E-state index contributed by atoms with van der Waals surface area (Å²) in [7, 11) is 0. The molecule has 15 heavy (non-hydrogen) atoms. The van der Waals surface area contributed by atoms with Crippen molar-refractivity contribution in [2.75, 3.05) is 6.54 Å². The maximum atomic E-state index is 11.7. The number of ketones is 1. The number of benzene rings is 1. The van der Waals surface area contributed by atoms with Crippen LogP contribution in [-0.4, -0.2) is 12.3 Å². The number of carbonyl (C=O) groups excluding carboxylic acids is 1. The predicted molar refractivity (Wildman–Crippen MR) is 63.2 cm³/mol. The van der Waals surface area contributed by atoms with Crippen LogP contribution in [0.15, 0.2) is 24.3 Å². The Balaban J connectivity index is 2.50. The van der Waals surface area contributed by atoms with Crippen LogP contribution in [0.3, 0.4) is 0 Å². The van der Waals surface area contributed by atoms with E-state index >= 15 is 0 Å². The maximum absolute atomic E-state index is 11.7. The molecule has 0 radical (unpaired) electrons. The Morgan fingerprint density at radius 3 is 2.53 bits per heavy atom. The van der Waals surface area contributed by atoms with Crippen molar-refractivity contribution in [3.8, 4) is 0 Å². The smallest absolute Gasteiger partial charge is 0.162 e. The van der Waals surface area contributed by atoms with Crippen molar-refractivity contribution < 1.29 is 4.79 Å². The van der Waals surface area contributed by atoms with E-state index in [9.17, 15) is 4.79 Å². The van der Waals surface area contributed by atoms with Crippen molar-refractivity contribution >= 4 is 17.4 Å². The van der Waals surface area contributed by atoms with Gasteiger partial charge < -0.3 is 5.73 Å². The number of carbonyl (C=O) groups is 1. The Morgan fingerprint density at radius 1 is 1.40 bits per heavy atom. The third kappa shape index (κ3) is 4.02. The lowest BCUT2D eigenvalue weighted by molar-refractivity contribution is 0.0975. The molecule has 1 aromatic rings. The lowest BCUT2D eigenvalue weighted by Crippen LogP contribution is -2.12. The van der Waals surface area contributed by atoms with Gasteiger partial charge in [0, 0.05) is 17.0 Å². The molecule has 0 heterocycles. The van der Waals surface area contributed by atoms with E-state index in [0.29, 0.717) is 23.9 Å². The highest BCUT2D eigenvalue weighted by Crippen LogP contribution is 2.13. The van der Waals surface area contributed by atoms with Crippen LogP contribution in [0.25, 0.3) is 0 Å². The molecule has 0 fully saturated rings. The summed E-state index contributed by atoms with van der Waals surface area (Å²) < 4.78 is 0. The summed E-state index contributed by atoms with van der Waals surface area (Å²) in [5.74, 6) is 0.563. The van der Waals surface area contributed by atoms with Gasteiger partial charge >= 0.3 is 0 Å². The molecule has 0 amide bonds. The first-order valence-corrected chi connectivity index (χ1v) is 5.50. The van der Waals surface area contributed by atoms with Crippen molar-refractivity contribution in [2.45, 2.75) is 19.8 Å². The summed E-state index contributed by atoms with van der Waals surface area (Å²) >= 11 is 5.74. The van der Waals surface area contributed by atoms with Crippen molar-refractivity contribution in [3.63, 3.8) is 0 Å². The molecule has 2 nitrogen and oxygen atoms in total. The average Bonchev–Trinajstić information content (AvgIpc) is 2.26. The van der Waals surface area contributed by atoms with Gasteiger partial charge in [-0.15, -0.1) is 0 Å². The predicted octanol–water partition coefficient (Wildman–Crippen LogP) is 2.90. The summed E-state index contributed by atoms with van der Waals surface area (Å²) in [4.78, 5) is 11.7. The molecule has 0 spiro atoms. The van der Waals surface area contributed by atoms with Gasteiger partial charge in [-0.2, -0.15) is 0 Å². The molecular weight excluding hydrogens is 210 g/mol. The van der Waals surface area contributed by atoms with E-state index in [1.54, 1.807) is 24.3 Å². The minimum absolute atomic E-state index is 0.159. The second-order valence-electron chi connectivity index (χ2n) is 3.81. The molecule has 0 bridgehead atoms. The van der Waals surface area contributed by atoms with Gasteiger partial charge in [0.25, 0.3) is 0 Å². The topological polar surface area (TPSA) is 43.1 Å². The third-order valence-electron chi connectivity index (χ3n) is 2.43. The van der Waals surface area contributed by atoms with E-state index in [2.05, 4.69) is 6.92 Å². The molecule has 0 aliphatic heterocycles. The van der Waals surface area contributed by atoms with Gasteiger partial charge in [-0.1, -0.05) is 18.5 Å². The zero-order valence-corrected chi connectivity index (χ0v) is 9.63. The summed E-state index contributed by atoms with van der Waals surface area (Å²) in [6.45, 7) is 2.68. The van der Waals surface area contributed by atoms with Gasteiger partial charge in [0.2, 0.25) is 0 Å². The number of hydrogen-bond donors (Lipinski definition) is 1. The van der Waals surface area contributed by atoms with Crippen LogP contribution in [-0.2, 0) is 0 Å². The molecule has 1 rings (SSSR count). The minimum atomic E-state index is 0.159. The SMILES string of the molecule is CC(CN)CCC(=O)c1ccc(Cl)cc1. The standard InChI is InChI=1S/C12H16ClNO/c1-9(8-14)2-7-12(15)10-3-5-11(13)6-4-10/h3-6,9H,2,7-8,14H2,1H3. The molecule has 0 aliphatic rings. The van der Waals surface area contributed by atoms with Crippen molar-refractivity contribution in [1.82, 2.24) is 0 Å². The van der Waals surface area contributed by atoms with E-state index in [0.717, 1.165) is 12.0 Å². The normalized spacial score (nSPS) is 12.5. The molecule has 1 unspecified atom stereocenters. The van der Waals surface area contributed by atoms with Crippen LogP contribution in [0.4, 0.5) is 0 Å². The Bertz CT molecular complexity index is 321. The number of nitrogens with two attached hydrogens (primary N) is 1. The highest BCUT2D eigenvalue weighted by atomic mass is 35.5. The van der Waals surface area contributed by atoms with E-state index in [1.165, 1.54) is 0 Å². The van der Waals surface area contributed by atoms with Crippen molar-refractivity contribution in [3.05, 3.63) is 34.9 Å². The molecule has 0 aliphatic carbocycles. The second kappa shape index (κ2) is 5.89. The van der Waals surface area contributed by atoms with Gasteiger partial charge in [0.1, 0.15) is 0 Å². The van der Waals surface area contributed by atoms with Gasteiger partial charge in [-0.25, -0.2) is 0 Å². The van der Waals surface area contributed by atoms with E-state index in [4.69, 9.17) is 17.3 Å². The monoisotopic (exact) mass is 225 g/mol. The summed E-state index contributed by atoms with van der Waals surface area (Å²) in [6, 6.07) is 7.00. The van der Waals surface area contributed by atoms with Crippen LogP contribution in [0.1, 0.15) is 30.1 Å². The highest BCUT2D eigenvalue weighted by Gasteiger charge is 2.07. The van der Waals surface area contributed by atoms with Gasteiger partial charge in [-0.3, -0.25) is 4.79 Å². The first-order valence-electron chi connectivity index (χ1n) is 5.12. The molecule has 82 valence electrons. The van der Waals surface area contributed by atoms with Crippen LogP contribution in [0, 0.1) is 5.92 Å². The summed E-state index contributed by atoms with van der Waals surface area (Å²) in [5.41, 5.74) is 6.21. The average molecular weight is 226 g/mol. The fourth-order valence-corrected chi connectivity index (χ4v) is 1.40. The number of Topliss-reactive ketones (excluding diaryl/α,β-unsaturated/α-hetero) is 1. The van der Waals surface area contributed by atoms with Crippen LogP contribution < -0.4 is 5.73 Å². The van der Waals surface area contributed by atoms with Gasteiger partial charge in [-0.05, 0) is 43.1 Å². The lowest BCUT2D eigenvalue weighted by Gasteiger charge is -2.06. The molecule has 0 saturated carbocycles. The summed E-state index contributed by atoms with van der Waals surface area (Å²) in [5, 5.41) is 0.655.